The van der Waals surface area contributed by atoms with Gasteiger partial charge in [0.05, 0.1) is 31.1 Å². The standard InChI is InChI=1S/C17H24ClN5O2/c1-5-7-23(8-6-2)17-21-16(11-19-22-17)20-13-10-14(24-3)12(18)9-15(13)25-4/h9-11H,5-8H2,1-4H3,(H,20,21,22). The molecule has 2 rings (SSSR count). The predicted octanol–water partition coefficient (Wildman–Crippen LogP) is 3.91. The largest absolute Gasteiger partial charge is 0.495 e. The maximum absolute atomic E-state index is 6.14. The van der Waals surface area contributed by atoms with Crippen LogP contribution in [0.3, 0.4) is 0 Å². The van der Waals surface area contributed by atoms with E-state index in [1.54, 1.807) is 32.5 Å². The molecule has 1 heterocycles. The van der Waals surface area contributed by atoms with E-state index in [1.807, 2.05) is 0 Å². The van der Waals surface area contributed by atoms with Gasteiger partial charge in [0.25, 0.3) is 0 Å². The van der Waals surface area contributed by atoms with Gasteiger partial charge < -0.3 is 19.7 Å². The number of aromatic nitrogens is 3. The zero-order valence-corrected chi connectivity index (χ0v) is 15.8. The average Bonchev–Trinajstić information content (AvgIpc) is 2.63. The van der Waals surface area contributed by atoms with Gasteiger partial charge >= 0.3 is 0 Å². The molecule has 25 heavy (non-hydrogen) atoms. The molecular weight excluding hydrogens is 342 g/mol. The number of methoxy groups -OCH3 is 2. The molecule has 0 fully saturated rings. The molecule has 0 atom stereocenters. The highest BCUT2D eigenvalue weighted by molar-refractivity contribution is 6.32. The van der Waals surface area contributed by atoms with Crippen LogP contribution in [0.15, 0.2) is 18.3 Å². The third-order valence-electron chi connectivity index (χ3n) is 3.55. The Kier molecular flexibility index (Phi) is 7.06. The fourth-order valence-electron chi connectivity index (χ4n) is 2.44. The van der Waals surface area contributed by atoms with E-state index in [-0.39, 0.29) is 0 Å². The van der Waals surface area contributed by atoms with Crippen molar-refractivity contribution in [1.82, 2.24) is 15.2 Å². The quantitative estimate of drug-likeness (QED) is 0.722. The first kappa shape index (κ1) is 19.1. The van der Waals surface area contributed by atoms with Gasteiger partial charge in [-0.05, 0) is 12.8 Å². The zero-order valence-electron chi connectivity index (χ0n) is 15.0. The Morgan fingerprint density at radius 1 is 1.08 bits per heavy atom. The van der Waals surface area contributed by atoms with Crippen LogP contribution in [0, 0.1) is 0 Å². The third-order valence-corrected chi connectivity index (χ3v) is 3.85. The van der Waals surface area contributed by atoms with Crippen molar-refractivity contribution in [2.75, 3.05) is 37.5 Å². The number of hydrogen-bond acceptors (Lipinski definition) is 7. The molecule has 0 saturated heterocycles. The lowest BCUT2D eigenvalue weighted by Gasteiger charge is -2.21. The minimum atomic E-state index is 0.475. The maximum atomic E-state index is 6.14. The Balaban J connectivity index is 2.30. The number of hydrogen-bond donors (Lipinski definition) is 1. The summed E-state index contributed by atoms with van der Waals surface area (Å²) in [5, 5.41) is 11.9. The van der Waals surface area contributed by atoms with E-state index in [0.29, 0.717) is 34.0 Å². The molecular formula is C17H24ClN5O2. The normalized spacial score (nSPS) is 10.4. The van der Waals surface area contributed by atoms with E-state index in [2.05, 4.69) is 39.2 Å². The second kappa shape index (κ2) is 9.27. The summed E-state index contributed by atoms with van der Waals surface area (Å²) in [6.07, 6.45) is 3.60. The molecule has 0 aliphatic carbocycles. The van der Waals surface area contributed by atoms with Gasteiger partial charge in [-0.25, -0.2) is 0 Å². The van der Waals surface area contributed by atoms with Gasteiger partial charge in [0.1, 0.15) is 11.5 Å². The summed E-state index contributed by atoms with van der Waals surface area (Å²) in [5.41, 5.74) is 0.688. The first-order valence-corrected chi connectivity index (χ1v) is 8.63. The van der Waals surface area contributed by atoms with E-state index >= 15 is 0 Å². The average molecular weight is 366 g/mol. The van der Waals surface area contributed by atoms with Gasteiger partial charge in [0.15, 0.2) is 5.82 Å². The Labute approximate surface area is 153 Å². The molecule has 136 valence electrons. The number of benzene rings is 1. The fourth-order valence-corrected chi connectivity index (χ4v) is 2.67. The summed E-state index contributed by atoms with van der Waals surface area (Å²) in [7, 11) is 3.15. The minimum Gasteiger partial charge on any atom is -0.495 e. The van der Waals surface area contributed by atoms with E-state index in [4.69, 9.17) is 21.1 Å². The lowest BCUT2D eigenvalue weighted by Crippen LogP contribution is -2.27. The van der Waals surface area contributed by atoms with Crippen molar-refractivity contribution in [3.63, 3.8) is 0 Å². The third kappa shape index (κ3) is 4.85. The second-order valence-electron chi connectivity index (χ2n) is 5.44. The number of nitrogens with zero attached hydrogens (tertiary/aromatic N) is 4. The van der Waals surface area contributed by atoms with Crippen LogP contribution >= 0.6 is 11.6 Å². The van der Waals surface area contributed by atoms with Crippen molar-refractivity contribution in [3.8, 4) is 11.5 Å². The molecule has 0 aliphatic heterocycles. The smallest absolute Gasteiger partial charge is 0.247 e. The highest BCUT2D eigenvalue weighted by Gasteiger charge is 2.13. The van der Waals surface area contributed by atoms with E-state index in [9.17, 15) is 0 Å². The minimum absolute atomic E-state index is 0.475. The molecule has 0 radical (unpaired) electrons. The monoisotopic (exact) mass is 365 g/mol. The number of ether oxygens (including phenoxy) is 2. The molecule has 8 heteroatoms. The summed E-state index contributed by atoms with van der Waals surface area (Å²) in [5.74, 6) is 2.31. The molecule has 0 spiro atoms. The maximum Gasteiger partial charge on any atom is 0.247 e. The van der Waals surface area contributed by atoms with Crippen molar-refractivity contribution in [2.24, 2.45) is 0 Å². The number of anilines is 3. The molecule has 0 aliphatic rings. The van der Waals surface area contributed by atoms with Crippen LogP contribution in [0.5, 0.6) is 11.5 Å². The van der Waals surface area contributed by atoms with Crippen molar-refractivity contribution in [1.29, 1.82) is 0 Å². The lowest BCUT2D eigenvalue weighted by atomic mass is 10.2. The Morgan fingerprint density at radius 3 is 2.36 bits per heavy atom. The number of rotatable bonds is 9. The fraction of sp³-hybridized carbons (Fsp3) is 0.471. The Hall–Kier alpha value is -2.28. The molecule has 1 aromatic heterocycles. The molecule has 2 aromatic rings. The zero-order chi connectivity index (χ0) is 18.2. The summed E-state index contributed by atoms with van der Waals surface area (Å²) in [6.45, 7) is 6.03. The highest BCUT2D eigenvalue weighted by Crippen LogP contribution is 2.37. The van der Waals surface area contributed by atoms with E-state index < -0.39 is 0 Å². The molecule has 1 N–H and O–H groups in total. The molecule has 1 aromatic carbocycles. The molecule has 7 nitrogen and oxygen atoms in total. The summed E-state index contributed by atoms with van der Waals surface area (Å²) >= 11 is 6.14. The van der Waals surface area contributed by atoms with Gasteiger partial charge in [-0.1, -0.05) is 25.4 Å². The van der Waals surface area contributed by atoms with Crippen molar-refractivity contribution in [2.45, 2.75) is 26.7 Å². The van der Waals surface area contributed by atoms with Gasteiger partial charge in [-0.2, -0.15) is 10.1 Å². The summed E-state index contributed by atoms with van der Waals surface area (Å²) in [4.78, 5) is 6.69. The van der Waals surface area contributed by atoms with Crippen LogP contribution in [0.2, 0.25) is 5.02 Å². The molecule has 0 amide bonds. The summed E-state index contributed by atoms with van der Waals surface area (Å²) < 4.78 is 10.6. The van der Waals surface area contributed by atoms with Crippen molar-refractivity contribution < 1.29 is 9.47 Å². The van der Waals surface area contributed by atoms with E-state index in [1.165, 1.54) is 0 Å². The lowest BCUT2D eigenvalue weighted by molar-refractivity contribution is 0.405. The predicted molar refractivity (Wildman–Crippen MR) is 100 cm³/mol. The number of halogens is 1. The first-order valence-electron chi connectivity index (χ1n) is 8.26. The van der Waals surface area contributed by atoms with Crippen LogP contribution in [-0.4, -0.2) is 42.5 Å². The summed E-state index contributed by atoms with van der Waals surface area (Å²) in [6, 6.07) is 3.46. The van der Waals surface area contributed by atoms with Crippen LogP contribution < -0.4 is 19.7 Å². The topological polar surface area (TPSA) is 72.4 Å². The molecule has 0 unspecified atom stereocenters. The molecule has 0 bridgehead atoms. The highest BCUT2D eigenvalue weighted by atomic mass is 35.5. The van der Waals surface area contributed by atoms with Crippen molar-refractivity contribution >= 4 is 29.1 Å². The second-order valence-corrected chi connectivity index (χ2v) is 5.85. The van der Waals surface area contributed by atoms with Crippen LogP contribution in [0.25, 0.3) is 0 Å². The number of nitrogens with one attached hydrogen (secondary N) is 1. The molecule has 0 saturated carbocycles. The SMILES string of the molecule is CCCN(CCC)c1nncc(Nc2cc(OC)c(Cl)cc2OC)n1. The van der Waals surface area contributed by atoms with Crippen molar-refractivity contribution in [3.05, 3.63) is 23.4 Å². The van der Waals surface area contributed by atoms with Gasteiger partial charge in [0.2, 0.25) is 5.95 Å². The van der Waals surface area contributed by atoms with Crippen LogP contribution in [0.1, 0.15) is 26.7 Å². The Morgan fingerprint density at radius 2 is 1.76 bits per heavy atom. The van der Waals surface area contributed by atoms with Crippen LogP contribution in [0.4, 0.5) is 17.5 Å². The van der Waals surface area contributed by atoms with Crippen LogP contribution in [-0.2, 0) is 0 Å². The first-order chi connectivity index (χ1) is 12.1. The van der Waals surface area contributed by atoms with E-state index in [0.717, 1.165) is 25.9 Å². The van der Waals surface area contributed by atoms with Gasteiger partial charge in [-0.15, -0.1) is 5.10 Å². The van der Waals surface area contributed by atoms with Gasteiger partial charge in [0, 0.05) is 25.2 Å². The van der Waals surface area contributed by atoms with Gasteiger partial charge in [-0.3, -0.25) is 0 Å². The Bertz CT molecular complexity index is 693.